The van der Waals surface area contributed by atoms with Crippen molar-refractivity contribution in [2.24, 2.45) is 0 Å². The zero-order valence-electron chi connectivity index (χ0n) is 9.87. The fraction of sp³-hybridized carbons (Fsp3) is 0.909. The van der Waals surface area contributed by atoms with Gasteiger partial charge in [0.25, 0.3) is 0 Å². The SMILES string of the molecule is COC(=O)C1C[C@@]2(C)CCC(C)(C)N2O1. The van der Waals surface area contributed by atoms with E-state index in [1.807, 2.05) is 5.06 Å². The largest absolute Gasteiger partial charge is 0.467 e. The van der Waals surface area contributed by atoms with E-state index in [2.05, 4.69) is 20.8 Å². The maximum atomic E-state index is 11.4. The molecule has 4 heteroatoms. The fourth-order valence-electron chi connectivity index (χ4n) is 2.79. The molecule has 2 heterocycles. The Labute approximate surface area is 90.5 Å². The first kappa shape index (κ1) is 10.9. The minimum absolute atomic E-state index is 0.00234. The molecule has 0 radical (unpaired) electrons. The smallest absolute Gasteiger partial charge is 0.337 e. The molecule has 0 aromatic rings. The molecule has 0 N–H and O–H groups in total. The van der Waals surface area contributed by atoms with Crippen LogP contribution in [0.4, 0.5) is 0 Å². The standard InChI is InChI=1S/C11H19NO3/c1-10(2)5-6-11(3)7-8(9(13)14-4)15-12(10)11/h8H,5-7H2,1-4H3/t8?,11-/m1/s1. The molecule has 0 amide bonds. The Hall–Kier alpha value is -0.610. The Morgan fingerprint density at radius 3 is 2.60 bits per heavy atom. The van der Waals surface area contributed by atoms with Crippen LogP contribution in [-0.2, 0) is 14.4 Å². The van der Waals surface area contributed by atoms with Gasteiger partial charge in [-0.25, -0.2) is 4.79 Å². The van der Waals surface area contributed by atoms with E-state index < -0.39 is 6.10 Å². The molecule has 2 fully saturated rings. The van der Waals surface area contributed by atoms with Crippen molar-refractivity contribution in [1.82, 2.24) is 5.06 Å². The average molecular weight is 213 g/mol. The van der Waals surface area contributed by atoms with Crippen LogP contribution < -0.4 is 0 Å². The molecule has 0 spiro atoms. The molecule has 1 unspecified atom stereocenters. The average Bonchev–Trinajstić information content (AvgIpc) is 2.62. The Morgan fingerprint density at radius 2 is 2.07 bits per heavy atom. The highest BCUT2D eigenvalue weighted by molar-refractivity contribution is 5.75. The van der Waals surface area contributed by atoms with E-state index >= 15 is 0 Å². The highest BCUT2D eigenvalue weighted by Crippen LogP contribution is 2.48. The number of nitrogens with zero attached hydrogens (tertiary/aromatic N) is 1. The van der Waals surface area contributed by atoms with Crippen LogP contribution in [0.15, 0.2) is 0 Å². The summed E-state index contributed by atoms with van der Waals surface area (Å²) in [4.78, 5) is 17.1. The molecular formula is C11H19NO3. The van der Waals surface area contributed by atoms with Crippen molar-refractivity contribution in [1.29, 1.82) is 0 Å². The van der Waals surface area contributed by atoms with Gasteiger partial charge in [-0.3, -0.25) is 4.84 Å². The monoisotopic (exact) mass is 213 g/mol. The molecule has 0 aromatic carbocycles. The second kappa shape index (κ2) is 3.19. The van der Waals surface area contributed by atoms with Crippen molar-refractivity contribution in [2.45, 2.75) is 57.2 Å². The first-order valence-electron chi connectivity index (χ1n) is 5.44. The predicted octanol–water partition coefficient (Wildman–Crippen LogP) is 1.50. The van der Waals surface area contributed by atoms with E-state index in [0.29, 0.717) is 0 Å². The number of carbonyl (C=O) groups is 1. The van der Waals surface area contributed by atoms with Gasteiger partial charge in [-0.1, -0.05) is 0 Å². The highest BCUT2D eigenvalue weighted by atomic mass is 16.7. The maximum absolute atomic E-state index is 11.4. The molecule has 86 valence electrons. The zero-order valence-corrected chi connectivity index (χ0v) is 9.87. The minimum atomic E-state index is -0.417. The summed E-state index contributed by atoms with van der Waals surface area (Å²) in [6, 6.07) is 0. The van der Waals surface area contributed by atoms with Crippen molar-refractivity contribution >= 4 is 5.97 Å². The zero-order chi connectivity index (χ0) is 11.3. The number of rotatable bonds is 1. The number of hydrogen-bond acceptors (Lipinski definition) is 4. The summed E-state index contributed by atoms with van der Waals surface area (Å²) < 4.78 is 4.72. The molecular weight excluding hydrogens is 194 g/mol. The molecule has 2 aliphatic rings. The highest BCUT2D eigenvalue weighted by Gasteiger charge is 2.56. The molecule has 2 rings (SSSR count). The van der Waals surface area contributed by atoms with Crippen LogP contribution in [0, 0.1) is 0 Å². The van der Waals surface area contributed by atoms with Crippen LogP contribution in [0.25, 0.3) is 0 Å². The van der Waals surface area contributed by atoms with Gasteiger partial charge in [0, 0.05) is 17.5 Å². The minimum Gasteiger partial charge on any atom is -0.467 e. The number of hydrogen-bond donors (Lipinski definition) is 0. The van der Waals surface area contributed by atoms with E-state index in [1.54, 1.807) is 0 Å². The molecule has 2 saturated heterocycles. The van der Waals surface area contributed by atoms with Crippen LogP contribution in [0.1, 0.15) is 40.0 Å². The summed E-state index contributed by atoms with van der Waals surface area (Å²) in [7, 11) is 1.41. The first-order chi connectivity index (χ1) is 6.89. The van der Waals surface area contributed by atoms with Crippen molar-refractivity contribution in [3.05, 3.63) is 0 Å². The lowest BCUT2D eigenvalue weighted by atomic mass is 9.93. The van der Waals surface area contributed by atoms with Gasteiger partial charge in [-0.15, -0.1) is 0 Å². The van der Waals surface area contributed by atoms with Crippen molar-refractivity contribution in [2.75, 3.05) is 7.11 Å². The van der Waals surface area contributed by atoms with Crippen molar-refractivity contribution in [3.8, 4) is 0 Å². The van der Waals surface area contributed by atoms with E-state index in [-0.39, 0.29) is 17.0 Å². The quantitative estimate of drug-likeness (QED) is 0.619. The second-order valence-electron chi connectivity index (χ2n) is 5.43. The number of fused-ring (bicyclic) bond motifs is 1. The third-order valence-corrected chi connectivity index (χ3v) is 3.64. The van der Waals surface area contributed by atoms with Gasteiger partial charge >= 0.3 is 5.97 Å². The van der Waals surface area contributed by atoms with E-state index in [1.165, 1.54) is 7.11 Å². The van der Waals surface area contributed by atoms with Crippen LogP contribution in [0.3, 0.4) is 0 Å². The maximum Gasteiger partial charge on any atom is 0.337 e. The lowest BCUT2D eigenvalue weighted by Crippen LogP contribution is -2.44. The summed E-state index contributed by atoms with van der Waals surface area (Å²) in [5.41, 5.74) is 0.0277. The number of hydroxylamine groups is 2. The lowest BCUT2D eigenvalue weighted by Gasteiger charge is -2.34. The fourth-order valence-corrected chi connectivity index (χ4v) is 2.79. The van der Waals surface area contributed by atoms with Crippen molar-refractivity contribution in [3.63, 3.8) is 0 Å². The molecule has 0 saturated carbocycles. The van der Waals surface area contributed by atoms with Gasteiger partial charge in [0.15, 0.2) is 6.10 Å². The lowest BCUT2D eigenvalue weighted by molar-refractivity contribution is -0.221. The Kier molecular flexibility index (Phi) is 2.32. The predicted molar refractivity (Wildman–Crippen MR) is 55.1 cm³/mol. The second-order valence-corrected chi connectivity index (χ2v) is 5.43. The van der Waals surface area contributed by atoms with E-state index in [9.17, 15) is 4.79 Å². The van der Waals surface area contributed by atoms with Crippen LogP contribution in [0.2, 0.25) is 0 Å². The van der Waals surface area contributed by atoms with Gasteiger partial charge in [0.05, 0.1) is 7.11 Å². The van der Waals surface area contributed by atoms with E-state index in [0.717, 1.165) is 19.3 Å². The van der Waals surface area contributed by atoms with Gasteiger partial charge in [-0.2, -0.15) is 5.06 Å². The third-order valence-electron chi connectivity index (χ3n) is 3.64. The topological polar surface area (TPSA) is 38.8 Å². The van der Waals surface area contributed by atoms with E-state index in [4.69, 9.17) is 9.57 Å². The molecule has 2 atom stereocenters. The van der Waals surface area contributed by atoms with Gasteiger partial charge in [-0.05, 0) is 33.6 Å². The Bertz CT molecular complexity index is 290. The summed E-state index contributed by atoms with van der Waals surface area (Å²) in [5, 5.41) is 2.00. The summed E-state index contributed by atoms with van der Waals surface area (Å²) in [6.07, 6.45) is 2.51. The Balaban J connectivity index is 2.16. The molecule has 15 heavy (non-hydrogen) atoms. The third kappa shape index (κ3) is 1.56. The normalized spacial score (nSPS) is 39.1. The summed E-state index contributed by atoms with van der Waals surface area (Å²) >= 11 is 0. The van der Waals surface area contributed by atoms with Gasteiger partial charge in [0.1, 0.15) is 0 Å². The number of methoxy groups -OCH3 is 1. The number of ether oxygens (including phenoxy) is 1. The molecule has 0 aliphatic carbocycles. The molecule has 4 nitrogen and oxygen atoms in total. The molecule has 0 aromatic heterocycles. The molecule has 2 aliphatic heterocycles. The van der Waals surface area contributed by atoms with Crippen molar-refractivity contribution < 1.29 is 14.4 Å². The first-order valence-corrected chi connectivity index (χ1v) is 5.44. The van der Waals surface area contributed by atoms with Crippen LogP contribution in [-0.4, -0.2) is 35.3 Å². The summed E-state index contributed by atoms with van der Waals surface area (Å²) in [6.45, 7) is 6.46. The molecule has 0 bridgehead atoms. The van der Waals surface area contributed by atoms with Gasteiger partial charge < -0.3 is 4.74 Å². The number of carbonyl (C=O) groups excluding carboxylic acids is 1. The van der Waals surface area contributed by atoms with Crippen LogP contribution in [0.5, 0.6) is 0 Å². The Morgan fingerprint density at radius 1 is 1.40 bits per heavy atom. The number of esters is 1. The summed E-state index contributed by atoms with van der Waals surface area (Å²) in [5.74, 6) is -0.263. The van der Waals surface area contributed by atoms with Gasteiger partial charge in [0.2, 0.25) is 0 Å². The van der Waals surface area contributed by atoms with Crippen LogP contribution >= 0.6 is 0 Å².